The molecule has 3 aromatic rings. The first-order valence-corrected chi connectivity index (χ1v) is 9.20. The van der Waals surface area contributed by atoms with Crippen LogP contribution >= 0.6 is 23.2 Å². The van der Waals surface area contributed by atoms with Gasteiger partial charge in [0.25, 0.3) is 0 Å². The fourth-order valence-corrected chi connectivity index (χ4v) is 2.95. The van der Waals surface area contributed by atoms with Crippen LogP contribution in [-0.4, -0.2) is 18.4 Å². The van der Waals surface area contributed by atoms with Crippen molar-refractivity contribution in [2.24, 2.45) is 0 Å². The third-order valence-corrected chi connectivity index (χ3v) is 4.45. The van der Waals surface area contributed by atoms with Gasteiger partial charge in [0.15, 0.2) is 6.61 Å². The highest BCUT2D eigenvalue weighted by atomic mass is 35.5. The summed E-state index contributed by atoms with van der Waals surface area (Å²) in [5.74, 6) is -0.379. The summed E-state index contributed by atoms with van der Waals surface area (Å²) in [7, 11) is 0. The summed E-state index contributed by atoms with van der Waals surface area (Å²) in [4.78, 5) is 24.3. The molecule has 6 heteroatoms. The molecular formula is C22H16Cl2O4. The lowest BCUT2D eigenvalue weighted by molar-refractivity contribution is 0.0474. The van der Waals surface area contributed by atoms with Gasteiger partial charge >= 0.3 is 5.97 Å². The highest BCUT2D eigenvalue weighted by Crippen LogP contribution is 2.21. The number of halogens is 2. The quantitative estimate of drug-likeness (QED) is 0.372. The molecular weight excluding hydrogens is 399 g/mol. The van der Waals surface area contributed by atoms with E-state index in [4.69, 9.17) is 32.7 Å². The number of ketones is 1. The van der Waals surface area contributed by atoms with Crippen molar-refractivity contribution >= 4 is 35.0 Å². The van der Waals surface area contributed by atoms with Crippen molar-refractivity contribution < 1.29 is 19.1 Å². The monoisotopic (exact) mass is 414 g/mol. The molecule has 0 bridgehead atoms. The molecule has 0 atom stereocenters. The van der Waals surface area contributed by atoms with E-state index in [0.717, 1.165) is 5.56 Å². The molecule has 3 aromatic carbocycles. The lowest BCUT2D eigenvalue weighted by Crippen LogP contribution is -2.14. The Morgan fingerprint density at radius 2 is 1.57 bits per heavy atom. The lowest BCUT2D eigenvalue weighted by Gasteiger charge is -2.08. The second-order valence-corrected chi connectivity index (χ2v) is 6.77. The molecule has 0 saturated carbocycles. The highest BCUT2D eigenvalue weighted by Gasteiger charge is 2.14. The maximum atomic E-state index is 12.2. The molecule has 0 N–H and O–H groups in total. The minimum Gasteiger partial charge on any atom is -0.489 e. The molecule has 0 fully saturated rings. The number of Topliss-reactive ketones (excluding diaryl/α,β-unsaturated/α-hetero) is 1. The molecule has 0 radical (unpaired) electrons. The van der Waals surface area contributed by atoms with E-state index in [1.165, 1.54) is 12.1 Å². The molecule has 0 saturated heterocycles. The van der Waals surface area contributed by atoms with Crippen molar-refractivity contribution in [2.45, 2.75) is 6.61 Å². The minimum atomic E-state index is -0.604. The number of hydrogen-bond acceptors (Lipinski definition) is 4. The molecule has 0 amide bonds. The van der Waals surface area contributed by atoms with Crippen molar-refractivity contribution in [3.05, 3.63) is 99.5 Å². The average Bonchev–Trinajstić information content (AvgIpc) is 2.71. The number of carbonyl (C=O) groups excluding carboxylic acids is 2. The highest BCUT2D eigenvalue weighted by molar-refractivity contribution is 6.36. The summed E-state index contributed by atoms with van der Waals surface area (Å²) in [5, 5.41) is 0.640. The Kier molecular flexibility index (Phi) is 6.69. The van der Waals surface area contributed by atoms with E-state index in [1.807, 2.05) is 30.3 Å². The average molecular weight is 415 g/mol. The van der Waals surface area contributed by atoms with E-state index in [0.29, 0.717) is 22.9 Å². The lowest BCUT2D eigenvalue weighted by atomic mass is 10.1. The van der Waals surface area contributed by atoms with Gasteiger partial charge in [0.1, 0.15) is 12.4 Å². The Labute approximate surface area is 172 Å². The zero-order valence-corrected chi connectivity index (χ0v) is 16.2. The van der Waals surface area contributed by atoms with Gasteiger partial charge in [0.2, 0.25) is 5.78 Å². The molecule has 0 unspecified atom stereocenters. The van der Waals surface area contributed by atoms with E-state index in [9.17, 15) is 9.59 Å². The number of ether oxygens (including phenoxy) is 2. The SMILES string of the molecule is O=C(OCC(=O)c1ccc(Cl)cc1Cl)c1ccc(OCc2ccccc2)cc1. The van der Waals surface area contributed by atoms with Gasteiger partial charge in [-0.05, 0) is 48.0 Å². The van der Waals surface area contributed by atoms with Crippen LogP contribution in [0.25, 0.3) is 0 Å². The Bertz CT molecular complexity index is 970. The summed E-state index contributed by atoms with van der Waals surface area (Å²) < 4.78 is 10.8. The third kappa shape index (κ3) is 5.35. The topological polar surface area (TPSA) is 52.6 Å². The normalized spacial score (nSPS) is 10.4. The van der Waals surface area contributed by atoms with Crippen LogP contribution in [0.4, 0.5) is 0 Å². The first kappa shape index (κ1) is 19.9. The smallest absolute Gasteiger partial charge is 0.338 e. The van der Waals surface area contributed by atoms with Gasteiger partial charge in [0, 0.05) is 10.6 Å². The first-order valence-electron chi connectivity index (χ1n) is 8.45. The van der Waals surface area contributed by atoms with Crippen molar-refractivity contribution in [1.29, 1.82) is 0 Å². The van der Waals surface area contributed by atoms with Gasteiger partial charge < -0.3 is 9.47 Å². The fraction of sp³-hybridized carbons (Fsp3) is 0.0909. The Hall–Kier alpha value is -2.82. The van der Waals surface area contributed by atoms with Crippen LogP contribution in [0.15, 0.2) is 72.8 Å². The molecule has 0 aliphatic rings. The summed E-state index contributed by atoms with van der Waals surface area (Å²) in [6.45, 7) is 0.0213. The predicted octanol–water partition coefficient (Wildman–Crippen LogP) is 5.61. The van der Waals surface area contributed by atoms with Crippen molar-refractivity contribution in [3.8, 4) is 5.75 Å². The van der Waals surface area contributed by atoms with Crippen molar-refractivity contribution in [2.75, 3.05) is 6.61 Å². The summed E-state index contributed by atoms with van der Waals surface area (Å²) in [6, 6.07) is 20.8. The van der Waals surface area contributed by atoms with Crippen LogP contribution in [0.1, 0.15) is 26.3 Å². The molecule has 28 heavy (non-hydrogen) atoms. The van der Waals surface area contributed by atoms with E-state index in [2.05, 4.69) is 0 Å². The molecule has 0 heterocycles. The van der Waals surface area contributed by atoms with E-state index < -0.39 is 18.4 Å². The fourth-order valence-electron chi connectivity index (χ4n) is 2.44. The maximum absolute atomic E-state index is 12.2. The summed E-state index contributed by atoms with van der Waals surface area (Å²) >= 11 is 11.8. The number of carbonyl (C=O) groups is 2. The maximum Gasteiger partial charge on any atom is 0.338 e. The van der Waals surface area contributed by atoms with Crippen LogP contribution in [0.3, 0.4) is 0 Å². The van der Waals surface area contributed by atoms with Gasteiger partial charge in [-0.3, -0.25) is 4.79 Å². The summed E-state index contributed by atoms with van der Waals surface area (Å²) in [5.41, 5.74) is 1.62. The summed E-state index contributed by atoms with van der Waals surface area (Å²) in [6.07, 6.45) is 0. The van der Waals surface area contributed by atoms with Gasteiger partial charge in [-0.25, -0.2) is 4.79 Å². The molecule has 0 spiro atoms. The van der Waals surface area contributed by atoms with Crippen LogP contribution in [0.2, 0.25) is 10.0 Å². The van der Waals surface area contributed by atoms with Crippen molar-refractivity contribution in [3.63, 3.8) is 0 Å². The molecule has 0 aromatic heterocycles. The van der Waals surface area contributed by atoms with Crippen LogP contribution < -0.4 is 4.74 Å². The van der Waals surface area contributed by atoms with Crippen LogP contribution in [0, 0.1) is 0 Å². The van der Waals surface area contributed by atoms with Gasteiger partial charge in [0.05, 0.1) is 10.6 Å². The Balaban J connectivity index is 1.53. The van der Waals surface area contributed by atoms with Gasteiger partial charge in [-0.2, -0.15) is 0 Å². The molecule has 4 nitrogen and oxygen atoms in total. The number of hydrogen-bond donors (Lipinski definition) is 0. The first-order chi connectivity index (χ1) is 13.5. The zero-order valence-electron chi connectivity index (χ0n) is 14.7. The molecule has 3 rings (SSSR count). The molecule has 142 valence electrons. The number of esters is 1. The van der Waals surface area contributed by atoms with Crippen LogP contribution in [-0.2, 0) is 11.3 Å². The number of benzene rings is 3. The van der Waals surface area contributed by atoms with Gasteiger partial charge in [-0.1, -0.05) is 53.5 Å². The zero-order chi connectivity index (χ0) is 19.9. The third-order valence-electron chi connectivity index (χ3n) is 3.90. The van der Waals surface area contributed by atoms with E-state index in [-0.39, 0.29) is 10.6 Å². The Morgan fingerprint density at radius 1 is 0.857 bits per heavy atom. The van der Waals surface area contributed by atoms with Crippen molar-refractivity contribution in [1.82, 2.24) is 0 Å². The second-order valence-electron chi connectivity index (χ2n) is 5.92. The largest absolute Gasteiger partial charge is 0.489 e. The molecule has 0 aliphatic heterocycles. The molecule has 0 aliphatic carbocycles. The minimum absolute atomic E-state index is 0.216. The second kappa shape index (κ2) is 9.40. The predicted molar refractivity (Wildman–Crippen MR) is 108 cm³/mol. The van der Waals surface area contributed by atoms with E-state index in [1.54, 1.807) is 30.3 Å². The van der Waals surface area contributed by atoms with Gasteiger partial charge in [-0.15, -0.1) is 0 Å². The van der Waals surface area contributed by atoms with Crippen LogP contribution in [0.5, 0.6) is 5.75 Å². The number of rotatable bonds is 7. The standard InChI is InChI=1S/C22H16Cl2O4/c23-17-8-11-19(20(24)12-17)21(25)14-28-22(26)16-6-9-18(10-7-16)27-13-15-4-2-1-3-5-15/h1-12H,13-14H2. The van der Waals surface area contributed by atoms with E-state index >= 15 is 0 Å². The Morgan fingerprint density at radius 3 is 2.25 bits per heavy atom.